The van der Waals surface area contributed by atoms with Gasteiger partial charge in [0, 0.05) is 25.9 Å². The van der Waals surface area contributed by atoms with Crippen molar-refractivity contribution in [2.75, 3.05) is 18.6 Å². The van der Waals surface area contributed by atoms with Gasteiger partial charge in [0.15, 0.2) is 9.84 Å². The van der Waals surface area contributed by atoms with Crippen molar-refractivity contribution in [3.05, 3.63) is 40.4 Å². The lowest BCUT2D eigenvalue weighted by Crippen LogP contribution is -2.37. The van der Waals surface area contributed by atoms with Gasteiger partial charge in [-0.25, -0.2) is 13.4 Å². The van der Waals surface area contributed by atoms with Crippen LogP contribution in [0.15, 0.2) is 29.1 Å². The molecule has 0 spiro atoms. The third-order valence-electron chi connectivity index (χ3n) is 4.62. The van der Waals surface area contributed by atoms with Crippen molar-refractivity contribution in [1.82, 2.24) is 14.9 Å². The highest BCUT2D eigenvalue weighted by Crippen LogP contribution is 2.17. The number of benzene rings is 1. The van der Waals surface area contributed by atoms with Gasteiger partial charge in [0.2, 0.25) is 5.91 Å². The SMILES string of the molecule is CN(C(=O)CCCc1nc2ccccc2c(=O)[nH]1)[C@H]1CCS(=O)(=O)C1. The van der Waals surface area contributed by atoms with Crippen molar-refractivity contribution in [2.45, 2.75) is 31.7 Å². The number of carbonyl (C=O) groups excluding carboxylic acids is 1. The van der Waals surface area contributed by atoms with E-state index in [1.54, 1.807) is 30.1 Å². The molecule has 134 valence electrons. The molecule has 0 bridgehead atoms. The van der Waals surface area contributed by atoms with Crippen LogP contribution in [0.3, 0.4) is 0 Å². The average molecular weight is 363 g/mol. The molecule has 1 amide bonds. The van der Waals surface area contributed by atoms with Gasteiger partial charge in [-0.3, -0.25) is 9.59 Å². The van der Waals surface area contributed by atoms with E-state index in [4.69, 9.17) is 0 Å². The molecule has 1 aliphatic heterocycles. The predicted octanol–water partition coefficient (Wildman–Crippen LogP) is 0.891. The van der Waals surface area contributed by atoms with Crippen molar-refractivity contribution in [1.29, 1.82) is 0 Å². The minimum atomic E-state index is -3.01. The second-order valence-electron chi connectivity index (χ2n) is 6.44. The zero-order chi connectivity index (χ0) is 18.0. The number of sulfone groups is 1. The zero-order valence-electron chi connectivity index (χ0n) is 14.1. The fourth-order valence-corrected chi connectivity index (χ4v) is 4.90. The summed E-state index contributed by atoms with van der Waals surface area (Å²) in [6, 6.07) is 6.90. The number of nitrogens with zero attached hydrogens (tertiary/aromatic N) is 2. The molecule has 1 fully saturated rings. The van der Waals surface area contributed by atoms with E-state index >= 15 is 0 Å². The Balaban J connectivity index is 1.57. The maximum Gasteiger partial charge on any atom is 0.258 e. The number of carbonyl (C=O) groups is 1. The number of aryl methyl sites for hydroxylation is 1. The standard InChI is InChI=1S/C17H21N3O4S/c1-20(12-9-10-25(23,24)11-12)16(21)8-4-7-15-18-14-6-3-2-5-13(14)17(22)19-15/h2-3,5-6,12H,4,7-11H2,1H3,(H,18,19,22)/t12-/m0/s1. The number of amides is 1. The van der Waals surface area contributed by atoms with Gasteiger partial charge < -0.3 is 9.88 Å². The molecule has 1 aliphatic rings. The monoisotopic (exact) mass is 363 g/mol. The first-order valence-corrected chi connectivity index (χ1v) is 10.1. The van der Waals surface area contributed by atoms with Crippen LogP contribution in [-0.2, 0) is 21.1 Å². The highest BCUT2D eigenvalue weighted by atomic mass is 32.2. The number of nitrogens with one attached hydrogen (secondary N) is 1. The number of hydrogen-bond donors (Lipinski definition) is 1. The molecule has 0 unspecified atom stereocenters. The van der Waals surface area contributed by atoms with Crippen molar-refractivity contribution >= 4 is 26.6 Å². The van der Waals surface area contributed by atoms with Gasteiger partial charge in [0.1, 0.15) is 5.82 Å². The van der Waals surface area contributed by atoms with Crippen LogP contribution in [0.2, 0.25) is 0 Å². The van der Waals surface area contributed by atoms with Gasteiger partial charge >= 0.3 is 0 Å². The lowest BCUT2D eigenvalue weighted by Gasteiger charge is -2.23. The summed E-state index contributed by atoms with van der Waals surface area (Å²) in [4.78, 5) is 33.0. The summed E-state index contributed by atoms with van der Waals surface area (Å²) >= 11 is 0. The number of rotatable bonds is 5. The van der Waals surface area contributed by atoms with Gasteiger partial charge in [0.05, 0.1) is 22.4 Å². The second-order valence-corrected chi connectivity index (χ2v) is 8.67. The molecule has 3 rings (SSSR count). The smallest absolute Gasteiger partial charge is 0.258 e. The lowest BCUT2D eigenvalue weighted by atomic mass is 10.1. The minimum Gasteiger partial charge on any atom is -0.342 e. The van der Waals surface area contributed by atoms with Crippen molar-refractivity contribution < 1.29 is 13.2 Å². The second kappa shape index (κ2) is 6.95. The Bertz CT molecular complexity index is 952. The molecule has 1 aromatic heterocycles. The molecule has 8 heteroatoms. The molecule has 0 saturated carbocycles. The van der Waals surface area contributed by atoms with Crippen LogP contribution in [0.25, 0.3) is 10.9 Å². The normalized spacial score (nSPS) is 19.2. The minimum absolute atomic E-state index is 0.0504. The van der Waals surface area contributed by atoms with E-state index in [1.165, 1.54) is 0 Å². The zero-order valence-corrected chi connectivity index (χ0v) is 14.9. The molecule has 1 aromatic carbocycles. The third-order valence-corrected chi connectivity index (χ3v) is 6.37. The maximum atomic E-state index is 12.2. The van der Waals surface area contributed by atoms with E-state index in [9.17, 15) is 18.0 Å². The molecule has 7 nitrogen and oxygen atoms in total. The summed E-state index contributed by atoms with van der Waals surface area (Å²) in [5.41, 5.74) is 0.459. The molecular formula is C17H21N3O4S. The predicted molar refractivity (Wildman–Crippen MR) is 95.1 cm³/mol. The van der Waals surface area contributed by atoms with Crippen molar-refractivity contribution in [2.24, 2.45) is 0 Å². The van der Waals surface area contributed by atoms with Crippen LogP contribution in [0.1, 0.15) is 25.1 Å². The Kier molecular flexibility index (Phi) is 4.89. The van der Waals surface area contributed by atoms with Crippen LogP contribution in [0.5, 0.6) is 0 Å². The Morgan fingerprint density at radius 1 is 1.36 bits per heavy atom. The molecule has 2 aromatic rings. The fourth-order valence-electron chi connectivity index (χ4n) is 3.12. The fraction of sp³-hybridized carbons (Fsp3) is 0.471. The van der Waals surface area contributed by atoms with E-state index in [0.29, 0.717) is 42.4 Å². The van der Waals surface area contributed by atoms with E-state index in [0.717, 1.165) is 0 Å². The summed E-state index contributed by atoms with van der Waals surface area (Å²) < 4.78 is 23.1. The van der Waals surface area contributed by atoms with E-state index in [1.807, 2.05) is 6.07 Å². The van der Waals surface area contributed by atoms with Crippen LogP contribution in [0, 0.1) is 0 Å². The highest BCUT2D eigenvalue weighted by molar-refractivity contribution is 7.91. The van der Waals surface area contributed by atoms with Gasteiger partial charge in [-0.2, -0.15) is 0 Å². The van der Waals surface area contributed by atoms with Crippen LogP contribution >= 0.6 is 0 Å². The van der Waals surface area contributed by atoms with Gasteiger partial charge in [-0.05, 0) is 25.0 Å². The molecule has 0 aliphatic carbocycles. The number of para-hydroxylation sites is 1. The van der Waals surface area contributed by atoms with Crippen molar-refractivity contribution in [3.63, 3.8) is 0 Å². The average Bonchev–Trinajstić information content (AvgIpc) is 2.94. The summed E-state index contributed by atoms with van der Waals surface area (Å²) in [5.74, 6) is 0.680. The Labute approximate surface area is 146 Å². The number of aromatic amines is 1. The molecule has 2 heterocycles. The Morgan fingerprint density at radius 2 is 2.12 bits per heavy atom. The molecule has 1 atom stereocenters. The molecule has 1 N–H and O–H groups in total. The quantitative estimate of drug-likeness (QED) is 0.850. The number of fused-ring (bicyclic) bond motifs is 1. The third kappa shape index (κ3) is 4.07. The summed E-state index contributed by atoms with van der Waals surface area (Å²) in [7, 11) is -1.35. The largest absolute Gasteiger partial charge is 0.342 e. The molecule has 0 radical (unpaired) electrons. The lowest BCUT2D eigenvalue weighted by molar-refractivity contribution is -0.131. The van der Waals surface area contributed by atoms with Gasteiger partial charge in [0.25, 0.3) is 5.56 Å². The van der Waals surface area contributed by atoms with E-state index < -0.39 is 9.84 Å². The maximum absolute atomic E-state index is 12.2. The first kappa shape index (κ1) is 17.6. The van der Waals surface area contributed by atoms with Gasteiger partial charge in [-0.15, -0.1) is 0 Å². The van der Waals surface area contributed by atoms with Crippen LogP contribution in [-0.4, -0.2) is 53.8 Å². The van der Waals surface area contributed by atoms with Gasteiger partial charge in [-0.1, -0.05) is 12.1 Å². The summed E-state index contributed by atoms with van der Waals surface area (Å²) in [6.45, 7) is 0. The first-order valence-electron chi connectivity index (χ1n) is 8.30. The van der Waals surface area contributed by atoms with E-state index in [-0.39, 0.29) is 29.0 Å². The van der Waals surface area contributed by atoms with Crippen molar-refractivity contribution in [3.8, 4) is 0 Å². The first-order chi connectivity index (χ1) is 11.9. The van der Waals surface area contributed by atoms with Crippen LogP contribution in [0.4, 0.5) is 0 Å². The molecular weight excluding hydrogens is 342 g/mol. The summed E-state index contributed by atoms with van der Waals surface area (Å²) in [6.07, 6.45) is 1.83. The molecule has 25 heavy (non-hydrogen) atoms. The Morgan fingerprint density at radius 3 is 2.84 bits per heavy atom. The number of H-pyrrole nitrogens is 1. The highest BCUT2D eigenvalue weighted by Gasteiger charge is 2.32. The summed E-state index contributed by atoms with van der Waals surface area (Å²) in [5, 5.41) is 0.546. The number of hydrogen-bond acceptors (Lipinski definition) is 5. The molecule has 1 saturated heterocycles. The Hall–Kier alpha value is -2.22. The van der Waals surface area contributed by atoms with Crippen LogP contribution < -0.4 is 5.56 Å². The number of aromatic nitrogens is 2. The van der Waals surface area contributed by atoms with E-state index in [2.05, 4.69) is 9.97 Å². The topological polar surface area (TPSA) is 100 Å².